The zero-order valence-corrected chi connectivity index (χ0v) is 15.6. The van der Waals surface area contributed by atoms with Gasteiger partial charge in [0, 0.05) is 37.5 Å². The van der Waals surface area contributed by atoms with Crippen molar-refractivity contribution in [3.8, 4) is 0 Å². The Morgan fingerprint density at radius 1 is 1.24 bits per heavy atom. The largest absolute Gasteiger partial charge is 0.335 e. The maximum atomic E-state index is 12.6. The first kappa shape index (κ1) is 18.6. The number of nitrogens with one attached hydrogen (secondary N) is 1. The maximum Gasteiger partial charge on any atom is 0.255 e. The van der Waals surface area contributed by atoms with E-state index in [0.29, 0.717) is 11.4 Å². The number of hydrogen-bond acceptors (Lipinski definition) is 4. The van der Waals surface area contributed by atoms with E-state index in [2.05, 4.69) is 15.4 Å². The Morgan fingerprint density at radius 2 is 1.92 bits per heavy atom. The third kappa shape index (κ3) is 4.43. The average Bonchev–Trinajstić information content (AvgIpc) is 2.99. The molecule has 2 heterocycles. The van der Waals surface area contributed by atoms with Crippen LogP contribution in [-0.4, -0.2) is 38.5 Å². The molecule has 0 saturated heterocycles. The van der Waals surface area contributed by atoms with Gasteiger partial charge in [-0.25, -0.2) is 4.98 Å². The number of amides is 2. The minimum absolute atomic E-state index is 0.110. The molecule has 1 unspecified atom stereocenters. The summed E-state index contributed by atoms with van der Waals surface area (Å²) in [6, 6.07) is 3.20. The fraction of sp³-hybridized carbons (Fsp3) is 0.444. The van der Waals surface area contributed by atoms with E-state index in [1.165, 1.54) is 6.20 Å². The van der Waals surface area contributed by atoms with Gasteiger partial charge in [-0.05, 0) is 19.1 Å². The van der Waals surface area contributed by atoms with Crippen LogP contribution in [0.3, 0.4) is 0 Å². The maximum absolute atomic E-state index is 12.6. The zero-order chi connectivity index (χ0) is 18.8. The van der Waals surface area contributed by atoms with Crippen molar-refractivity contribution >= 4 is 17.6 Å². The molecule has 1 N–H and O–H groups in total. The summed E-state index contributed by atoms with van der Waals surface area (Å²) in [4.78, 5) is 30.4. The first-order chi connectivity index (χ1) is 11.6. The molecule has 0 aromatic carbocycles. The highest BCUT2D eigenvalue weighted by Crippen LogP contribution is 2.21. The summed E-state index contributed by atoms with van der Waals surface area (Å²) in [5, 5.41) is 6.88. The number of anilines is 1. The minimum Gasteiger partial charge on any atom is -0.335 e. The van der Waals surface area contributed by atoms with Crippen LogP contribution in [0.4, 0.5) is 5.82 Å². The van der Waals surface area contributed by atoms with Gasteiger partial charge >= 0.3 is 0 Å². The third-order valence-corrected chi connectivity index (χ3v) is 4.04. The summed E-state index contributed by atoms with van der Waals surface area (Å²) in [6.45, 7) is 7.43. The van der Waals surface area contributed by atoms with E-state index in [4.69, 9.17) is 0 Å². The molecule has 7 nitrogen and oxygen atoms in total. The van der Waals surface area contributed by atoms with Gasteiger partial charge in [-0.15, -0.1) is 0 Å². The molecule has 1 atom stereocenters. The molecule has 7 heteroatoms. The number of hydrogen-bond donors (Lipinski definition) is 1. The van der Waals surface area contributed by atoms with E-state index < -0.39 is 5.41 Å². The summed E-state index contributed by atoms with van der Waals surface area (Å²) < 4.78 is 1.71. The molecular weight excluding hydrogens is 318 g/mol. The van der Waals surface area contributed by atoms with Gasteiger partial charge in [-0.1, -0.05) is 20.8 Å². The molecule has 2 amide bonds. The van der Waals surface area contributed by atoms with Gasteiger partial charge in [-0.3, -0.25) is 14.3 Å². The van der Waals surface area contributed by atoms with Gasteiger partial charge in [0.1, 0.15) is 5.82 Å². The quantitative estimate of drug-likeness (QED) is 0.925. The molecule has 0 aliphatic heterocycles. The molecule has 0 fully saturated rings. The highest BCUT2D eigenvalue weighted by Gasteiger charge is 2.23. The van der Waals surface area contributed by atoms with Gasteiger partial charge in [0.05, 0.1) is 17.8 Å². The average molecular weight is 343 g/mol. The molecule has 2 rings (SSSR count). The van der Waals surface area contributed by atoms with Crippen LogP contribution in [0.2, 0.25) is 0 Å². The lowest BCUT2D eigenvalue weighted by Gasteiger charge is -2.24. The van der Waals surface area contributed by atoms with Gasteiger partial charge in [0.2, 0.25) is 5.91 Å². The predicted molar refractivity (Wildman–Crippen MR) is 96.0 cm³/mol. The monoisotopic (exact) mass is 343 g/mol. The topological polar surface area (TPSA) is 80.1 Å². The van der Waals surface area contributed by atoms with Crippen molar-refractivity contribution in [1.29, 1.82) is 0 Å². The Bertz CT molecular complexity index is 759. The standard InChI is InChI=1S/C18H25N5O2/c1-12(14-10-20-22(5)11-14)23(6)16(24)13-7-8-15(19-9-13)21-17(25)18(2,3)4/h7-12H,1-6H3,(H,19,21,25). The summed E-state index contributed by atoms with van der Waals surface area (Å²) in [5.74, 6) is 0.165. The molecule has 0 aliphatic carbocycles. The fourth-order valence-corrected chi connectivity index (χ4v) is 2.16. The van der Waals surface area contributed by atoms with Crippen molar-refractivity contribution in [3.63, 3.8) is 0 Å². The highest BCUT2D eigenvalue weighted by atomic mass is 16.2. The van der Waals surface area contributed by atoms with Gasteiger partial charge in [0.25, 0.3) is 5.91 Å². The van der Waals surface area contributed by atoms with Gasteiger partial charge < -0.3 is 10.2 Å². The Labute approximate surface area is 148 Å². The van der Waals surface area contributed by atoms with E-state index >= 15 is 0 Å². The van der Waals surface area contributed by atoms with E-state index in [0.717, 1.165) is 5.56 Å². The second-order valence-electron chi connectivity index (χ2n) is 7.18. The number of nitrogens with zero attached hydrogens (tertiary/aromatic N) is 4. The smallest absolute Gasteiger partial charge is 0.255 e. The zero-order valence-electron chi connectivity index (χ0n) is 15.6. The molecule has 0 aliphatic rings. The summed E-state index contributed by atoms with van der Waals surface area (Å²) in [6.07, 6.45) is 5.11. The molecule has 2 aromatic heterocycles. The van der Waals surface area contributed by atoms with E-state index in [1.807, 2.05) is 40.9 Å². The van der Waals surface area contributed by atoms with Crippen LogP contribution >= 0.6 is 0 Å². The first-order valence-corrected chi connectivity index (χ1v) is 8.13. The van der Waals surface area contributed by atoms with Crippen molar-refractivity contribution in [3.05, 3.63) is 41.9 Å². The van der Waals surface area contributed by atoms with Crippen LogP contribution in [-0.2, 0) is 11.8 Å². The van der Waals surface area contributed by atoms with Gasteiger partial charge in [-0.2, -0.15) is 5.10 Å². The number of rotatable bonds is 4. The molecule has 0 spiro atoms. The molecule has 0 saturated carbocycles. The Hall–Kier alpha value is -2.70. The van der Waals surface area contributed by atoms with Crippen LogP contribution in [0.5, 0.6) is 0 Å². The number of carbonyl (C=O) groups excluding carboxylic acids is 2. The van der Waals surface area contributed by atoms with Crippen LogP contribution in [0.1, 0.15) is 49.7 Å². The second-order valence-corrected chi connectivity index (χ2v) is 7.18. The number of aromatic nitrogens is 3. The highest BCUT2D eigenvalue weighted by molar-refractivity contribution is 5.96. The lowest BCUT2D eigenvalue weighted by molar-refractivity contribution is -0.123. The summed E-state index contributed by atoms with van der Waals surface area (Å²) >= 11 is 0. The van der Waals surface area contributed by atoms with Crippen LogP contribution in [0, 0.1) is 5.41 Å². The fourth-order valence-electron chi connectivity index (χ4n) is 2.16. The second kappa shape index (κ2) is 7.04. The van der Waals surface area contributed by atoms with Crippen molar-refractivity contribution in [2.75, 3.05) is 12.4 Å². The van der Waals surface area contributed by atoms with Crippen molar-refractivity contribution in [1.82, 2.24) is 19.7 Å². The molecule has 2 aromatic rings. The number of pyridine rings is 1. The molecule has 0 radical (unpaired) electrons. The van der Waals surface area contributed by atoms with E-state index in [9.17, 15) is 9.59 Å². The Balaban J connectivity index is 2.08. The van der Waals surface area contributed by atoms with Crippen molar-refractivity contribution < 1.29 is 9.59 Å². The van der Waals surface area contributed by atoms with Crippen LogP contribution in [0.15, 0.2) is 30.7 Å². The van der Waals surface area contributed by atoms with E-state index in [1.54, 1.807) is 35.0 Å². The van der Waals surface area contributed by atoms with Crippen LogP contribution < -0.4 is 5.32 Å². The first-order valence-electron chi connectivity index (χ1n) is 8.13. The van der Waals surface area contributed by atoms with Gasteiger partial charge in [0.15, 0.2) is 0 Å². The molecular formula is C18H25N5O2. The SMILES string of the molecule is CC(c1cnn(C)c1)N(C)C(=O)c1ccc(NC(=O)C(C)(C)C)nc1. The predicted octanol–water partition coefficient (Wildman–Crippen LogP) is 2.63. The van der Waals surface area contributed by atoms with E-state index in [-0.39, 0.29) is 17.9 Å². The number of carbonyl (C=O) groups is 2. The van der Waals surface area contributed by atoms with Crippen LogP contribution in [0.25, 0.3) is 0 Å². The Kier molecular flexibility index (Phi) is 5.25. The number of aryl methyl sites for hydroxylation is 1. The third-order valence-electron chi connectivity index (χ3n) is 4.04. The van der Waals surface area contributed by atoms with Crippen molar-refractivity contribution in [2.45, 2.75) is 33.7 Å². The lowest BCUT2D eigenvalue weighted by Crippen LogP contribution is -2.30. The van der Waals surface area contributed by atoms with Crippen molar-refractivity contribution in [2.24, 2.45) is 12.5 Å². The normalized spacial score (nSPS) is 12.6. The molecule has 134 valence electrons. The minimum atomic E-state index is -0.504. The Morgan fingerprint density at radius 3 is 2.40 bits per heavy atom. The molecule has 0 bridgehead atoms. The summed E-state index contributed by atoms with van der Waals surface area (Å²) in [7, 11) is 3.59. The summed E-state index contributed by atoms with van der Waals surface area (Å²) in [5.41, 5.74) is 0.919. The molecule has 25 heavy (non-hydrogen) atoms. The lowest BCUT2D eigenvalue weighted by atomic mass is 9.96.